The lowest BCUT2D eigenvalue weighted by Gasteiger charge is -2.10. The van der Waals surface area contributed by atoms with Gasteiger partial charge in [-0.3, -0.25) is 9.59 Å². The molecule has 0 saturated heterocycles. The van der Waals surface area contributed by atoms with Crippen LogP contribution in [0.25, 0.3) is 0 Å². The summed E-state index contributed by atoms with van der Waals surface area (Å²) < 4.78 is 0.642. The van der Waals surface area contributed by atoms with Crippen molar-refractivity contribution in [2.24, 2.45) is 0 Å². The van der Waals surface area contributed by atoms with Crippen LogP contribution >= 0.6 is 27.5 Å². The Kier molecular flexibility index (Phi) is 5.62. The van der Waals surface area contributed by atoms with Gasteiger partial charge in [-0.15, -0.1) is 0 Å². The van der Waals surface area contributed by atoms with Crippen LogP contribution in [0, 0.1) is 0 Å². The quantitative estimate of drug-likeness (QED) is 0.888. The molecule has 0 aliphatic heterocycles. The van der Waals surface area contributed by atoms with Gasteiger partial charge in [0.1, 0.15) is 0 Å². The second-order valence-corrected chi connectivity index (χ2v) is 5.24. The molecule has 0 aliphatic rings. The molecule has 0 aliphatic carbocycles. The van der Waals surface area contributed by atoms with Gasteiger partial charge < -0.3 is 10.6 Å². The van der Waals surface area contributed by atoms with Crippen molar-refractivity contribution in [2.75, 3.05) is 6.54 Å². The first-order chi connectivity index (χ1) is 8.41. The number of hydrogen-bond acceptors (Lipinski definition) is 2. The van der Waals surface area contributed by atoms with Gasteiger partial charge in [0.15, 0.2) is 0 Å². The molecule has 18 heavy (non-hydrogen) atoms. The smallest absolute Gasteiger partial charge is 0.253 e. The lowest BCUT2D eigenvalue weighted by atomic mass is 10.2. The van der Waals surface area contributed by atoms with E-state index in [2.05, 4.69) is 26.6 Å². The van der Waals surface area contributed by atoms with Gasteiger partial charge in [0.2, 0.25) is 5.91 Å². The Morgan fingerprint density at radius 2 is 2.06 bits per heavy atom. The minimum atomic E-state index is -0.375. The molecule has 0 bridgehead atoms. The fraction of sp³-hybridized carbons (Fsp3) is 0.333. The van der Waals surface area contributed by atoms with Gasteiger partial charge in [0.25, 0.3) is 5.91 Å². The molecule has 2 amide bonds. The first kappa shape index (κ1) is 15.0. The largest absolute Gasteiger partial charge is 0.352 e. The maximum absolute atomic E-state index is 11.8. The highest BCUT2D eigenvalue weighted by atomic mass is 79.9. The number of carbonyl (C=O) groups excluding carboxylic acids is 2. The number of halogens is 2. The summed E-state index contributed by atoms with van der Waals surface area (Å²) in [6.07, 6.45) is 0. The zero-order valence-corrected chi connectivity index (χ0v) is 12.4. The Morgan fingerprint density at radius 1 is 1.39 bits per heavy atom. The van der Waals surface area contributed by atoms with E-state index in [0.29, 0.717) is 15.1 Å². The molecule has 2 N–H and O–H groups in total. The zero-order valence-electron chi connectivity index (χ0n) is 10.1. The van der Waals surface area contributed by atoms with Crippen molar-refractivity contribution in [2.45, 2.75) is 19.9 Å². The molecular formula is C12H14BrClN2O2. The third kappa shape index (κ3) is 4.31. The molecule has 1 aromatic carbocycles. The van der Waals surface area contributed by atoms with E-state index in [1.54, 1.807) is 18.2 Å². The molecule has 1 aromatic rings. The van der Waals surface area contributed by atoms with Crippen molar-refractivity contribution in [1.29, 1.82) is 0 Å². The highest BCUT2D eigenvalue weighted by Gasteiger charge is 2.13. The molecule has 98 valence electrons. The Morgan fingerprint density at radius 3 is 2.67 bits per heavy atom. The lowest BCUT2D eigenvalue weighted by molar-refractivity contribution is -0.120. The van der Waals surface area contributed by atoms with E-state index in [1.165, 1.54) is 0 Å². The van der Waals surface area contributed by atoms with Gasteiger partial charge in [-0.1, -0.05) is 17.7 Å². The van der Waals surface area contributed by atoms with Crippen LogP contribution in [0.15, 0.2) is 22.7 Å². The van der Waals surface area contributed by atoms with Gasteiger partial charge in [-0.05, 0) is 41.9 Å². The number of carbonyl (C=O) groups is 2. The van der Waals surface area contributed by atoms with Gasteiger partial charge >= 0.3 is 0 Å². The van der Waals surface area contributed by atoms with E-state index in [4.69, 9.17) is 11.6 Å². The number of nitrogens with one attached hydrogen (secondary N) is 2. The highest BCUT2D eigenvalue weighted by molar-refractivity contribution is 9.10. The second kappa shape index (κ2) is 6.75. The van der Waals surface area contributed by atoms with Crippen LogP contribution in [-0.2, 0) is 4.79 Å². The van der Waals surface area contributed by atoms with E-state index in [9.17, 15) is 9.59 Å². The van der Waals surface area contributed by atoms with Crippen LogP contribution in [0.1, 0.15) is 24.2 Å². The summed E-state index contributed by atoms with van der Waals surface area (Å²) in [5.74, 6) is -0.607. The van der Waals surface area contributed by atoms with Crippen LogP contribution in [0.3, 0.4) is 0 Å². The van der Waals surface area contributed by atoms with E-state index < -0.39 is 0 Å². The van der Waals surface area contributed by atoms with Crippen molar-refractivity contribution in [3.8, 4) is 0 Å². The average molecular weight is 334 g/mol. The normalized spacial score (nSPS) is 10.3. The van der Waals surface area contributed by atoms with Crippen molar-refractivity contribution < 1.29 is 9.59 Å². The molecule has 0 radical (unpaired) electrons. The van der Waals surface area contributed by atoms with Crippen molar-refractivity contribution in [3.63, 3.8) is 0 Å². The molecule has 0 unspecified atom stereocenters. The molecule has 6 heteroatoms. The molecule has 0 heterocycles. The van der Waals surface area contributed by atoms with Crippen LogP contribution in [-0.4, -0.2) is 24.4 Å². The van der Waals surface area contributed by atoms with E-state index >= 15 is 0 Å². The topological polar surface area (TPSA) is 58.2 Å². The SMILES string of the molecule is CC(C)NC(=O)CNC(=O)c1cccc(Br)c1Cl. The summed E-state index contributed by atoms with van der Waals surface area (Å²) in [5.41, 5.74) is 0.336. The third-order valence-electron chi connectivity index (χ3n) is 2.06. The number of amides is 2. The maximum atomic E-state index is 11.8. The standard InChI is InChI=1S/C12H14BrClN2O2/c1-7(2)16-10(17)6-15-12(18)8-4-3-5-9(13)11(8)14/h3-5,7H,6H2,1-2H3,(H,15,18)(H,16,17). The maximum Gasteiger partial charge on any atom is 0.253 e. The van der Waals surface area contributed by atoms with E-state index in [1.807, 2.05) is 13.8 Å². The highest BCUT2D eigenvalue weighted by Crippen LogP contribution is 2.25. The summed E-state index contributed by atoms with van der Waals surface area (Å²) in [6, 6.07) is 5.09. The minimum absolute atomic E-state index is 0.0452. The predicted octanol–water partition coefficient (Wildman–Crippen LogP) is 2.36. The predicted molar refractivity (Wildman–Crippen MR) is 74.8 cm³/mol. The number of benzene rings is 1. The van der Waals surface area contributed by atoms with E-state index in [0.717, 1.165) is 0 Å². The fourth-order valence-electron chi connectivity index (χ4n) is 1.31. The molecular weight excluding hydrogens is 320 g/mol. The zero-order chi connectivity index (χ0) is 13.7. The summed E-state index contributed by atoms with van der Waals surface area (Å²) in [5, 5.41) is 5.53. The molecule has 0 atom stereocenters. The van der Waals surface area contributed by atoms with Gasteiger partial charge in [0.05, 0.1) is 17.1 Å². The molecule has 0 fully saturated rings. The van der Waals surface area contributed by atoms with Gasteiger partial charge in [-0.2, -0.15) is 0 Å². The minimum Gasteiger partial charge on any atom is -0.352 e. The van der Waals surface area contributed by atoms with Crippen LogP contribution < -0.4 is 10.6 Å². The van der Waals surface area contributed by atoms with Crippen molar-refractivity contribution in [1.82, 2.24) is 10.6 Å². The summed E-state index contributed by atoms with van der Waals surface area (Å²) in [7, 11) is 0. The number of hydrogen-bond donors (Lipinski definition) is 2. The monoisotopic (exact) mass is 332 g/mol. The molecule has 1 rings (SSSR count). The van der Waals surface area contributed by atoms with Crippen molar-refractivity contribution in [3.05, 3.63) is 33.3 Å². The average Bonchev–Trinajstić information content (AvgIpc) is 2.29. The van der Waals surface area contributed by atoms with Crippen LogP contribution in [0.5, 0.6) is 0 Å². The van der Waals surface area contributed by atoms with Crippen molar-refractivity contribution >= 4 is 39.3 Å². The van der Waals surface area contributed by atoms with E-state index in [-0.39, 0.29) is 24.4 Å². The third-order valence-corrected chi connectivity index (χ3v) is 3.35. The summed E-state index contributed by atoms with van der Waals surface area (Å²) >= 11 is 9.22. The van der Waals surface area contributed by atoms with Gasteiger partial charge in [-0.25, -0.2) is 0 Å². The van der Waals surface area contributed by atoms with Gasteiger partial charge in [0, 0.05) is 10.5 Å². The Balaban J connectivity index is 2.61. The Bertz CT molecular complexity index is 463. The van der Waals surface area contributed by atoms with Crippen LogP contribution in [0.4, 0.5) is 0 Å². The lowest BCUT2D eigenvalue weighted by Crippen LogP contribution is -2.39. The summed E-state index contributed by atoms with van der Waals surface area (Å²) in [6.45, 7) is 3.63. The summed E-state index contributed by atoms with van der Waals surface area (Å²) in [4.78, 5) is 23.2. The first-order valence-corrected chi connectivity index (χ1v) is 6.60. The Hall–Kier alpha value is -1.07. The molecule has 4 nitrogen and oxygen atoms in total. The molecule has 0 saturated carbocycles. The first-order valence-electron chi connectivity index (χ1n) is 5.43. The molecule has 0 aromatic heterocycles. The second-order valence-electron chi connectivity index (χ2n) is 4.01. The molecule has 0 spiro atoms. The Labute approximate surface area is 119 Å². The van der Waals surface area contributed by atoms with Crippen LogP contribution in [0.2, 0.25) is 5.02 Å². The fourth-order valence-corrected chi connectivity index (χ4v) is 1.89. The number of rotatable bonds is 4.